The van der Waals surface area contributed by atoms with Gasteiger partial charge < -0.3 is 10.2 Å². The maximum Gasteiger partial charge on any atom is 0.266 e. The molecule has 0 bridgehead atoms. The van der Waals surface area contributed by atoms with Crippen molar-refractivity contribution in [1.82, 2.24) is 15.1 Å². The number of amides is 1. The number of piperazine rings is 1. The molecule has 144 valence electrons. The van der Waals surface area contributed by atoms with Gasteiger partial charge in [-0.15, -0.1) is 0 Å². The molecule has 3 rings (SSSR count). The predicted octanol–water partition coefficient (Wildman–Crippen LogP) is 2.91. The second-order valence-electron chi connectivity index (χ2n) is 7.76. The molecule has 5 heteroatoms. The Morgan fingerprint density at radius 3 is 2.56 bits per heavy atom. The summed E-state index contributed by atoms with van der Waals surface area (Å²) in [5.74, 6) is 0.444. The molecule has 1 saturated heterocycles. The average molecular weight is 367 g/mol. The fraction of sp³-hybridized carbons (Fsp3) is 0.545. The number of hydrogen-bond acceptors (Lipinski definition) is 4. The van der Waals surface area contributed by atoms with Crippen molar-refractivity contribution in [3.8, 4) is 6.07 Å². The van der Waals surface area contributed by atoms with Crippen LogP contribution >= 0.6 is 0 Å². The van der Waals surface area contributed by atoms with Crippen molar-refractivity contribution in [2.45, 2.75) is 45.2 Å². The largest absolute Gasteiger partial charge is 0.387 e. The Kier molecular flexibility index (Phi) is 6.89. The van der Waals surface area contributed by atoms with Gasteiger partial charge in [0.2, 0.25) is 0 Å². The van der Waals surface area contributed by atoms with Crippen LogP contribution in [-0.2, 0) is 11.3 Å². The molecule has 27 heavy (non-hydrogen) atoms. The first-order valence-corrected chi connectivity index (χ1v) is 10.1. The summed E-state index contributed by atoms with van der Waals surface area (Å²) in [6.45, 7) is 6.17. The first-order valence-electron chi connectivity index (χ1n) is 10.1. The summed E-state index contributed by atoms with van der Waals surface area (Å²) < 4.78 is 0. The van der Waals surface area contributed by atoms with Crippen molar-refractivity contribution in [2.24, 2.45) is 5.92 Å². The van der Waals surface area contributed by atoms with Crippen LogP contribution in [0.3, 0.4) is 0 Å². The third-order valence-corrected chi connectivity index (χ3v) is 5.81. The molecule has 2 unspecified atom stereocenters. The number of benzene rings is 1. The van der Waals surface area contributed by atoms with Crippen molar-refractivity contribution < 1.29 is 4.79 Å². The van der Waals surface area contributed by atoms with Crippen molar-refractivity contribution >= 4 is 5.91 Å². The predicted molar refractivity (Wildman–Crippen MR) is 107 cm³/mol. The Morgan fingerprint density at radius 1 is 1.19 bits per heavy atom. The highest BCUT2D eigenvalue weighted by Crippen LogP contribution is 2.23. The van der Waals surface area contributed by atoms with Gasteiger partial charge in [-0.1, -0.05) is 50.1 Å². The summed E-state index contributed by atoms with van der Waals surface area (Å²) in [4.78, 5) is 16.9. The van der Waals surface area contributed by atoms with Crippen LogP contribution in [-0.4, -0.2) is 47.9 Å². The summed E-state index contributed by atoms with van der Waals surface area (Å²) in [5.41, 5.74) is 1.52. The van der Waals surface area contributed by atoms with E-state index in [9.17, 15) is 10.1 Å². The van der Waals surface area contributed by atoms with E-state index in [1.54, 1.807) is 6.20 Å². The van der Waals surface area contributed by atoms with Crippen molar-refractivity contribution in [3.05, 3.63) is 47.7 Å². The van der Waals surface area contributed by atoms with Gasteiger partial charge in [-0.3, -0.25) is 9.69 Å². The monoisotopic (exact) mass is 366 g/mol. The molecule has 2 fully saturated rings. The van der Waals surface area contributed by atoms with E-state index in [-0.39, 0.29) is 11.5 Å². The van der Waals surface area contributed by atoms with Gasteiger partial charge in [-0.05, 0) is 24.3 Å². The van der Waals surface area contributed by atoms with E-state index in [1.807, 2.05) is 11.0 Å². The summed E-state index contributed by atoms with van der Waals surface area (Å²) in [5, 5.41) is 12.8. The molecular formula is C22H30N4O. The minimum Gasteiger partial charge on any atom is -0.387 e. The normalized spacial score (nSPS) is 24.3. The molecule has 1 aromatic rings. The molecule has 2 atom stereocenters. The van der Waals surface area contributed by atoms with E-state index >= 15 is 0 Å². The summed E-state index contributed by atoms with van der Waals surface area (Å²) in [6.07, 6.45) is 6.48. The second kappa shape index (κ2) is 9.57. The van der Waals surface area contributed by atoms with Gasteiger partial charge >= 0.3 is 0 Å². The zero-order chi connectivity index (χ0) is 19.1. The van der Waals surface area contributed by atoms with Crippen LogP contribution in [0.4, 0.5) is 0 Å². The van der Waals surface area contributed by atoms with Gasteiger partial charge in [0, 0.05) is 45.0 Å². The van der Waals surface area contributed by atoms with E-state index in [1.165, 1.54) is 24.8 Å². The molecule has 1 N–H and O–H groups in total. The number of nitrogens with zero attached hydrogens (tertiary/aromatic N) is 3. The fourth-order valence-corrected chi connectivity index (χ4v) is 4.02. The van der Waals surface area contributed by atoms with E-state index in [0.717, 1.165) is 26.1 Å². The van der Waals surface area contributed by atoms with Gasteiger partial charge in [0.1, 0.15) is 11.6 Å². The number of rotatable bonds is 5. The molecule has 1 amide bonds. The number of carbonyl (C=O) groups excluding carboxylic acids is 1. The Labute approximate surface area is 162 Å². The smallest absolute Gasteiger partial charge is 0.266 e. The third kappa shape index (κ3) is 5.33. The zero-order valence-electron chi connectivity index (χ0n) is 16.2. The molecule has 1 aliphatic heterocycles. The lowest BCUT2D eigenvalue weighted by molar-refractivity contribution is -0.128. The Morgan fingerprint density at radius 2 is 1.89 bits per heavy atom. The molecule has 2 aliphatic rings. The lowest BCUT2D eigenvalue weighted by atomic mass is 9.86. The topological polar surface area (TPSA) is 59.4 Å². The van der Waals surface area contributed by atoms with Gasteiger partial charge in [0.15, 0.2) is 0 Å². The number of hydrogen-bond donors (Lipinski definition) is 1. The van der Waals surface area contributed by atoms with Crippen LogP contribution in [0.1, 0.15) is 38.2 Å². The highest BCUT2D eigenvalue weighted by atomic mass is 16.2. The molecule has 0 aromatic heterocycles. The molecule has 5 nitrogen and oxygen atoms in total. The molecule has 1 heterocycles. The standard InChI is InChI=1S/C22H30N4O/c1-18-7-5-6-10-21(18)24-16-20(15-23)22(27)26-13-11-25(12-14-26)17-19-8-3-2-4-9-19/h2-4,8-9,16,18,21,24H,5-7,10-14,17H2,1H3/b20-16-. The Bertz CT molecular complexity index is 686. The van der Waals surface area contributed by atoms with Gasteiger partial charge in [0.05, 0.1) is 0 Å². The number of carbonyl (C=O) groups is 1. The number of nitrogens with one attached hydrogen (secondary N) is 1. The van der Waals surface area contributed by atoms with Gasteiger partial charge in [-0.25, -0.2) is 0 Å². The molecule has 1 saturated carbocycles. The average Bonchev–Trinajstić information content (AvgIpc) is 2.71. The maximum absolute atomic E-state index is 12.7. The first kappa shape index (κ1) is 19.4. The van der Waals surface area contributed by atoms with Crippen LogP contribution in [0, 0.1) is 17.2 Å². The molecule has 0 radical (unpaired) electrons. The third-order valence-electron chi connectivity index (χ3n) is 5.81. The van der Waals surface area contributed by atoms with Crippen LogP contribution in [0.15, 0.2) is 42.1 Å². The first-order chi connectivity index (χ1) is 13.2. The fourth-order valence-electron chi connectivity index (χ4n) is 4.02. The van der Waals surface area contributed by atoms with E-state index in [4.69, 9.17) is 0 Å². The Balaban J connectivity index is 1.51. The lowest BCUT2D eigenvalue weighted by Crippen LogP contribution is -2.48. The summed E-state index contributed by atoms with van der Waals surface area (Å²) in [6, 6.07) is 12.9. The summed E-state index contributed by atoms with van der Waals surface area (Å²) >= 11 is 0. The van der Waals surface area contributed by atoms with E-state index < -0.39 is 0 Å². The molecular weight excluding hydrogens is 336 g/mol. The second-order valence-corrected chi connectivity index (χ2v) is 7.76. The summed E-state index contributed by atoms with van der Waals surface area (Å²) in [7, 11) is 0. The van der Waals surface area contributed by atoms with Crippen molar-refractivity contribution in [2.75, 3.05) is 26.2 Å². The van der Waals surface area contributed by atoms with Gasteiger partial charge in [0.25, 0.3) is 5.91 Å². The number of nitriles is 1. The minimum absolute atomic E-state index is 0.146. The molecule has 1 aliphatic carbocycles. The van der Waals surface area contributed by atoms with E-state index in [0.29, 0.717) is 25.0 Å². The van der Waals surface area contributed by atoms with Crippen molar-refractivity contribution in [3.63, 3.8) is 0 Å². The molecule has 0 spiro atoms. The quantitative estimate of drug-likeness (QED) is 0.643. The molecule has 1 aromatic carbocycles. The minimum atomic E-state index is -0.146. The zero-order valence-corrected chi connectivity index (χ0v) is 16.2. The van der Waals surface area contributed by atoms with E-state index in [2.05, 4.69) is 47.5 Å². The van der Waals surface area contributed by atoms with Gasteiger partial charge in [-0.2, -0.15) is 5.26 Å². The van der Waals surface area contributed by atoms with Crippen LogP contribution in [0.5, 0.6) is 0 Å². The van der Waals surface area contributed by atoms with Crippen LogP contribution in [0.2, 0.25) is 0 Å². The Hall–Kier alpha value is -2.32. The SMILES string of the molecule is CC1CCCCC1N/C=C(/C#N)C(=O)N1CCN(Cc2ccccc2)CC1. The van der Waals surface area contributed by atoms with Crippen molar-refractivity contribution in [1.29, 1.82) is 5.26 Å². The lowest BCUT2D eigenvalue weighted by Gasteiger charge is -2.34. The highest BCUT2D eigenvalue weighted by molar-refractivity contribution is 5.97. The highest BCUT2D eigenvalue weighted by Gasteiger charge is 2.25. The maximum atomic E-state index is 12.7. The van der Waals surface area contributed by atoms with Crippen LogP contribution < -0.4 is 5.32 Å². The van der Waals surface area contributed by atoms with Crippen LogP contribution in [0.25, 0.3) is 0 Å².